The van der Waals surface area contributed by atoms with E-state index in [0.717, 1.165) is 5.56 Å². The summed E-state index contributed by atoms with van der Waals surface area (Å²) in [4.78, 5) is 23.3. The summed E-state index contributed by atoms with van der Waals surface area (Å²) >= 11 is 0. The fraction of sp³-hybridized carbons (Fsp3) is 0.100. The van der Waals surface area contributed by atoms with Crippen molar-refractivity contribution in [3.05, 3.63) is 82.3 Å². The zero-order chi connectivity index (χ0) is 21.0. The summed E-state index contributed by atoms with van der Waals surface area (Å²) in [5, 5.41) is 30.0. The molecule has 0 aliphatic heterocycles. The second-order valence-electron chi connectivity index (χ2n) is 6.26. The predicted molar refractivity (Wildman–Crippen MR) is 115 cm³/mol. The number of anilines is 1. The molecule has 0 bridgehead atoms. The Morgan fingerprint density at radius 1 is 0.949 bits per heavy atom. The van der Waals surface area contributed by atoms with Gasteiger partial charge in [0, 0.05) is 29.3 Å². The number of nitrogens with zero attached hydrogens (tertiary/aromatic N) is 3. The molecule has 0 atom stereocenters. The van der Waals surface area contributed by atoms with Gasteiger partial charge in [-0.3, -0.25) is 20.1 Å². The molecule has 0 saturated heterocycles. The number of fused-ring (bicyclic) bond motifs is 1. The number of carbonyl (C=O) groups is 1. The number of hydrogen-bond acceptors (Lipinski definition) is 6. The first-order valence-corrected chi connectivity index (χ1v) is 8.55. The van der Waals surface area contributed by atoms with Crippen molar-refractivity contribution in [1.29, 1.82) is 0 Å². The molecule has 0 unspecified atom stereocenters. The van der Waals surface area contributed by atoms with Crippen molar-refractivity contribution < 1.29 is 477 Å². The van der Waals surface area contributed by atoms with Crippen LogP contribution in [0.3, 0.4) is 0 Å². The van der Waals surface area contributed by atoms with Gasteiger partial charge in [0.1, 0.15) is 0 Å². The average molecular weight is 761 g/mol. The molecule has 0 heterocycles. The molecule has 19 heteroatoms. The van der Waals surface area contributed by atoms with Gasteiger partial charge in [-0.15, -0.1) is 5.10 Å². The second-order valence-corrected chi connectivity index (χ2v) is 6.26. The number of hydroxylamine groups is 1. The molecule has 1 amide bonds. The molecule has 0 radical (unpaired) electrons. The zero-order valence-corrected chi connectivity index (χ0v) is 53.5. The average Bonchev–Trinajstić information content (AvgIpc) is 3.16. The van der Waals surface area contributed by atoms with Crippen LogP contribution < -0.4 is 479 Å². The van der Waals surface area contributed by atoms with Crippen LogP contribution in [-0.2, 0) is 11.2 Å². The summed E-state index contributed by atoms with van der Waals surface area (Å²) in [5.74, 6) is -0.556. The first-order valence-electron chi connectivity index (χ1n) is 8.55. The van der Waals surface area contributed by atoms with Crippen LogP contribution in [0.1, 0.15) is 23.6 Å². The monoisotopic (exact) mass is 760 g/mol. The second kappa shape index (κ2) is 38.4. The quantitative estimate of drug-likeness (QED) is 0.0593. The van der Waals surface area contributed by atoms with Crippen molar-refractivity contribution in [2.45, 2.75) is 13.3 Å². The third-order valence-corrected chi connectivity index (χ3v) is 4.36. The van der Waals surface area contributed by atoms with Gasteiger partial charge in [0.25, 0.3) is 11.6 Å². The SMILES string of the molecule is C/C(=N\N=C(N)NO)c1ccc(NC(=O)C2=Cc3cccc([N+](=O)[O-])c3C2)cc1.[CH3-].[K+].[K+].[K+].[K+].[K+].[K+].[K+].[K+].[K+]. The van der Waals surface area contributed by atoms with Crippen molar-refractivity contribution in [1.82, 2.24) is 5.48 Å². The Labute approximate surface area is 613 Å². The number of hydrogen-bond donors (Lipinski definition) is 4. The predicted octanol–water partition coefficient (Wildman–Crippen LogP) is -24.3. The molecule has 0 saturated carbocycles. The van der Waals surface area contributed by atoms with Crippen LogP contribution in [-0.4, -0.2) is 27.7 Å². The third kappa shape index (κ3) is 24.6. The molecule has 156 valence electrons. The molecule has 0 aromatic heterocycles. The van der Waals surface area contributed by atoms with E-state index >= 15 is 0 Å². The Hall–Kier alpha value is 10.7. The summed E-state index contributed by atoms with van der Waals surface area (Å²) < 4.78 is 0. The first kappa shape index (κ1) is 67.8. The Morgan fingerprint density at radius 2 is 1.49 bits per heavy atom. The molecule has 0 spiro atoms. The van der Waals surface area contributed by atoms with E-state index < -0.39 is 4.92 Å². The van der Waals surface area contributed by atoms with Crippen LogP contribution >= 0.6 is 0 Å². The molecule has 39 heavy (non-hydrogen) atoms. The summed E-state index contributed by atoms with van der Waals surface area (Å²) in [5.41, 5.74) is 10.5. The minimum atomic E-state index is -0.440. The Bertz CT molecular complexity index is 1090. The molecular weight excluding hydrogens is 740 g/mol. The Balaban J connectivity index is -0.000000160. The van der Waals surface area contributed by atoms with Crippen LogP contribution in [0, 0.1) is 17.5 Å². The first-order chi connectivity index (χ1) is 13.9. The van der Waals surface area contributed by atoms with Crippen molar-refractivity contribution in [2.75, 3.05) is 5.32 Å². The topological polar surface area (TPSA) is 155 Å². The van der Waals surface area contributed by atoms with Crippen LogP contribution in [0.4, 0.5) is 11.4 Å². The van der Waals surface area contributed by atoms with E-state index in [1.807, 2.05) is 0 Å². The maximum Gasteiger partial charge on any atom is 1.00 e. The fourth-order valence-corrected chi connectivity index (χ4v) is 2.88. The number of carbonyl (C=O) groups excluding carboxylic acids is 1. The van der Waals surface area contributed by atoms with Gasteiger partial charge >= 0.3 is 462 Å². The fourth-order valence-electron chi connectivity index (χ4n) is 2.88. The summed E-state index contributed by atoms with van der Waals surface area (Å²) in [6.45, 7) is 1.72. The van der Waals surface area contributed by atoms with E-state index in [0.29, 0.717) is 28.1 Å². The molecule has 1 aliphatic carbocycles. The number of benzene rings is 2. The number of rotatable bonds is 5. The largest absolute Gasteiger partial charge is 1.00 e. The summed E-state index contributed by atoms with van der Waals surface area (Å²) in [6, 6.07) is 11.7. The maximum absolute atomic E-state index is 12.6. The van der Waals surface area contributed by atoms with Crippen LogP contribution in [0.5, 0.6) is 0 Å². The smallest absolute Gasteiger partial charge is 0.367 e. The zero-order valence-electron chi connectivity index (χ0n) is 25.4. The van der Waals surface area contributed by atoms with E-state index in [-0.39, 0.29) is 494 Å². The van der Waals surface area contributed by atoms with Gasteiger partial charge in [-0.25, -0.2) is 5.48 Å². The Kier molecular flexibility index (Phi) is 66.7. The number of nitro groups is 1. The Morgan fingerprint density at radius 3 is 1.97 bits per heavy atom. The molecule has 2 aromatic carbocycles. The molecule has 10 nitrogen and oxygen atoms in total. The van der Waals surface area contributed by atoms with Gasteiger partial charge in [-0.2, -0.15) is 5.10 Å². The van der Waals surface area contributed by atoms with Gasteiger partial charge in [-0.05, 0) is 36.3 Å². The van der Waals surface area contributed by atoms with E-state index in [4.69, 9.17) is 10.9 Å². The number of nitrogens with one attached hydrogen (secondary N) is 2. The molecule has 1 aliphatic rings. The maximum atomic E-state index is 12.6. The number of nitrogens with two attached hydrogens (primary N) is 1. The van der Waals surface area contributed by atoms with Crippen molar-refractivity contribution in [2.24, 2.45) is 15.9 Å². The molecule has 2 aromatic rings. The van der Waals surface area contributed by atoms with Gasteiger partial charge in [0.05, 0.1) is 10.6 Å². The molecular formula is C20H21K9N6O4+8. The minimum Gasteiger partial charge on any atom is -0.367 e. The minimum absolute atomic E-state index is 0. The van der Waals surface area contributed by atoms with E-state index in [1.165, 1.54) is 6.07 Å². The van der Waals surface area contributed by atoms with Crippen LogP contribution in [0.2, 0.25) is 0 Å². The summed E-state index contributed by atoms with van der Waals surface area (Å²) in [7, 11) is 0. The van der Waals surface area contributed by atoms with Crippen molar-refractivity contribution >= 4 is 35.0 Å². The van der Waals surface area contributed by atoms with Crippen LogP contribution in [0.15, 0.2) is 58.2 Å². The molecule has 3 rings (SSSR count). The number of amides is 1. The number of nitro benzene ring substituents is 1. The standard InChI is InChI=1S/C19H18N6O4.CH3.9K/c1-11(22-23-19(20)24-27)12-5-7-15(8-6-12)21-18(26)14-9-13-3-2-4-17(25(28)29)16(13)10-14;;;;;;;;;;/h2-9,27H,10H2,1H3,(H,21,26)(H3,20,23,24);1H3;;;;;;;;;/q;-1;9*+1/b22-11+;;;;;;;;;;. The third-order valence-electron chi connectivity index (χ3n) is 4.36. The molecule has 0 fully saturated rings. The molecule has 5 N–H and O–H groups in total. The van der Waals surface area contributed by atoms with E-state index in [2.05, 4.69) is 15.5 Å². The van der Waals surface area contributed by atoms with Gasteiger partial charge in [0.2, 0.25) is 5.96 Å². The van der Waals surface area contributed by atoms with Gasteiger partial charge in [0.15, 0.2) is 0 Å². The van der Waals surface area contributed by atoms with Crippen molar-refractivity contribution in [3.8, 4) is 0 Å². The summed E-state index contributed by atoms with van der Waals surface area (Å²) in [6.07, 6.45) is 1.88. The van der Waals surface area contributed by atoms with Crippen molar-refractivity contribution in [3.63, 3.8) is 0 Å². The number of guanidine groups is 1. The van der Waals surface area contributed by atoms with Gasteiger partial charge < -0.3 is 18.5 Å². The van der Waals surface area contributed by atoms with Gasteiger partial charge in [-0.1, -0.05) is 24.3 Å². The normalized spacial score (nSPS) is 10.1. The van der Waals surface area contributed by atoms with E-state index in [1.54, 1.807) is 54.9 Å². The van der Waals surface area contributed by atoms with Crippen LogP contribution in [0.25, 0.3) is 6.08 Å². The van der Waals surface area contributed by atoms with E-state index in [9.17, 15) is 14.9 Å².